The molecule has 2 unspecified atom stereocenters. The fraction of sp³-hybridized carbons (Fsp3) is 0.533. The van der Waals surface area contributed by atoms with Crippen molar-refractivity contribution in [2.45, 2.75) is 45.2 Å². The summed E-state index contributed by atoms with van der Waals surface area (Å²) in [6.07, 6.45) is 2.34. The van der Waals surface area contributed by atoms with Gasteiger partial charge < -0.3 is 5.32 Å². The van der Waals surface area contributed by atoms with Gasteiger partial charge in [0.15, 0.2) is 5.17 Å². The molecule has 1 aliphatic heterocycles. The van der Waals surface area contributed by atoms with Crippen molar-refractivity contribution in [2.75, 3.05) is 5.75 Å². The lowest BCUT2D eigenvalue weighted by molar-refractivity contribution is 0.389. The lowest BCUT2D eigenvalue weighted by Gasteiger charge is -2.35. The predicted molar refractivity (Wildman–Crippen MR) is 88.9 cm³/mol. The topological polar surface area (TPSA) is 24.4 Å². The van der Waals surface area contributed by atoms with Crippen molar-refractivity contribution < 1.29 is 0 Å². The van der Waals surface area contributed by atoms with E-state index in [4.69, 9.17) is 4.99 Å². The zero-order valence-corrected chi connectivity index (χ0v) is 14.1. The minimum Gasteiger partial charge on any atom is -0.360 e. The highest BCUT2D eigenvalue weighted by atomic mass is 79.9. The van der Waals surface area contributed by atoms with E-state index in [1.165, 1.54) is 12.0 Å². The van der Waals surface area contributed by atoms with Crippen LogP contribution in [0, 0.1) is 0 Å². The standard InChI is InChI=1S/C15H21BrN2S/c1-4-15(3)8-9-19-14(18-15)17-11(2)12-6-5-7-13(16)10-12/h5-7,10-11H,4,8-9H2,1-3H3,(H,17,18). The maximum atomic E-state index is 4.84. The third-order valence-electron chi connectivity index (χ3n) is 3.72. The average Bonchev–Trinajstić information content (AvgIpc) is 2.39. The SMILES string of the molecule is CCC1(C)CCSC(=NC(C)c2cccc(Br)c2)N1. The van der Waals surface area contributed by atoms with Crippen LogP contribution in [-0.2, 0) is 0 Å². The number of halogens is 1. The van der Waals surface area contributed by atoms with E-state index in [-0.39, 0.29) is 11.6 Å². The molecule has 0 radical (unpaired) electrons. The molecule has 0 saturated carbocycles. The maximum Gasteiger partial charge on any atom is 0.157 e. The van der Waals surface area contributed by atoms with Gasteiger partial charge in [0.1, 0.15) is 0 Å². The van der Waals surface area contributed by atoms with Gasteiger partial charge >= 0.3 is 0 Å². The van der Waals surface area contributed by atoms with Crippen molar-refractivity contribution in [1.82, 2.24) is 5.32 Å². The number of nitrogens with one attached hydrogen (secondary N) is 1. The number of amidine groups is 1. The molecule has 19 heavy (non-hydrogen) atoms. The summed E-state index contributed by atoms with van der Waals surface area (Å²) in [6.45, 7) is 6.67. The zero-order valence-electron chi connectivity index (χ0n) is 11.7. The van der Waals surface area contributed by atoms with Gasteiger partial charge in [0.2, 0.25) is 0 Å². The summed E-state index contributed by atoms with van der Waals surface area (Å²) in [4.78, 5) is 4.84. The number of nitrogens with zero attached hydrogens (tertiary/aromatic N) is 1. The Labute approximate surface area is 128 Å². The van der Waals surface area contributed by atoms with Gasteiger partial charge in [-0.3, -0.25) is 4.99 Å². The molecule has 4 heteroatoms. The molecular formula is C15H21BrN2S. The molecule has 1 heterocycles. The van der Waals surface area contributed by atoms with E-state index in [0.717, 1.165) is 21.8 Å². The number of hydrogen-bond donors (Lipinski definition) is 1. The summed E-state index contributed by atoms with van der Waals surface area (Å²) >= 11 is 5.35. The average molecular weight is 341 g/mol. The summed E-state index contributed by atoms with van der Waals surface area (Å²) in [5.74, 6) is 1.15. The highest BCUT2D eigenvalue weighted by Crippen LogP contribution is 2.27. The minimum absolute atomic E-state index is 0.187. The van der Waals surface area contributed by atoms with E-state index in [2.05, 4.69) is 60.2 Å². The van der Waals surface area contributed by atoms with Crippen molar-refractivity contribution in [3.63, 3.8) is 0 Å². The van der Waals surface area contributed by atoms with Crippen LogP contribution in [0.4, 0.5) is 0 Å². The molecule has 1 N–H and O–H groups in total. The van der Waals surface area contributed by atoms with Crippen molar-refractivity contribution in [1.29, 1.82) is 0 Å². The molecule has 2 rings (SSSR count). The highest BCUT2D eigenvalue weighted by molar-refractivity contribution is 9.10. The molecule has 1 aromatic rings. The lowest BCUT2D eigenvalue weighted by atomic mass is 9.96. The Morgan fingerprint density at radius 3 is 3.00 bits per heavy atom. The van der Waals surface area contributed by atoms with Crippen LogP contribution in [0.5, 0.6) is 0 Å². The van der Waals surface area contributed by atoms with E-state index < -0.39 is 0 Å². The van der Waals surface area contributed by atoms with Gasteiger partial charge in [-0.1, -0.05) is 46.7 Å². The first-order valence-electron chi connectivity index (χ1n) is 6.77. The molecule has 0 aliphatic carbocycles. The molecule has 104 valence electrons. The Bertz CT molecular complexity index is 475. The van der Waals surface area contributed by atoms with Crippen molar-refractivity contribution in [3.05, 3.63) is 34.3 Å². The van der Waals surface area contributed by atoms with Gasteiger partial charge in [0, 0.05) is 15.8 Å². The third kappa shape index (κ3) is 3.99. The Kier molecular flexibility index (Phi) is 4.96. The quantitative estimate of drug-likeness (QED) is 0.857. The molecule has 1 aromatic carbocycles. The van der Waals surface area contributed by atoms with E-state index in [1.54, 1.807) is 0 Å². The molecular weight excluding hydrogens is 320 g/mol. The van der Waals surface area contributed by atoms with E-state index in [9.17, 15) is 0 Å². The Morgan fingerprint density at radius 1 is 1.53 bits per heavy atom. The van der Waals surface area contributed by atoms with Gasteiger partial charge in [0.25, 0.3) is 0 Å². The van der Waals surface area contributed by atoms with E-state index in [0.29, 0.717) is 0 Å². The largest absolute Gasteiger partial charge is 0.360 e. The molecule has 0 aromatic heterocycles. The molecule has 0 bridgehead atoms. The maximum absolute atomic E-state index is 4.84. The summed E-state index contributed by atoms with van der Waals surface area (Å²) in [6, 6.07) is 8.57. The predicted octanol–water partition coefficient (Wildman–Crippen LogP) is 4.76. The molecule has 1 fully saturated rings. The molecule has 2 atom stereocenters. The van der Waals surface area contributed by atoms with Crippen LogP contribution in [-0.4, -0.2) is 16.5 Å². The van der Waals surface area contributed by atoms with E-state index in [1.807, 2.05) is 17.8 Å². The Morgan fingerprint density at radius 2 is 2.32 bits per heavy atom. The van der Waals surface area contributed by atoms with Crippen LogP contribution in [0.3, 0.4) is 0 Å². The van der Waals surface area contributed by atoms with Crippen molar-refractivity contribution in [2.24, 2.45) is 4.99 Å². The number of aliphatic imine (C=N–C) groups is 1. The molecule has 1 saturated heterocycles. The second-order valence-electron chi connectivity index (χ2n) is 5.30. The Hall–Kier alpha value is -0.480. The number of rotatable bonds is 3. The monoisotopic (exact) mass is 340 g/mol. The number of benzene rings is 1. The minimum atomic E-state index is 0.187. The number of hydrogen-bond acceptors (Lipinski definition) is 2. The smallest absolute Gasteiger partial charge is 0.157 e. The summed E-state index contributed by atoms with van der Waals surface area (Å²) in [7, 11) is 0. The molecule has 2 nitrogen and oxygen atoms in total. The number of thioether (sulfide) groups is 1. The second-order valence-corrected chi connectivity index (χ2v) is 7.30. The first kappa shape index (κ1) is 14.9. The van der Waals surface area contributed by atoms with Gasteiger partial charge in [-0.15, -0.1) is 0 Å². The molecule has 0 amide bonds. The fourth-order valence-electron chi connectivity index (χ4n) is 2.08. The molecule has 1 aliphatic rings. The van der Waals surface area contributed by atoms with Gasteiger partial charge in [-0.05, 0) is 44.4 Å². The third-order valence-corrected chi connectivity index (χ3v) is 5.11. The van der Waals surface area contributed by atoms with Gasteiger partial charge in [-0.25, -0.2) is 0 Å². The lowest BCUT2D eigenvalue weighted by Crippen LogP contribution is -2.48. The zero-order chi connectivity index (χ0) is 13.9. The first-order valence-corrected chi connectivity index (χ1v) is 8.54. The van der Waals surface area contributed by atoms with Crippen LogP contribution in [0.2, 0.25) is 0 Å². The van der Waals surface area contributed by atoms with Crippen molar-refractivity contribution >= 4 is 32.9 Å². The summed E-state index contributed by atoms with van der Waals surface area (Å²) < 4.78 is 1.11. The fourth-order valence-corrected chi connectivity index (χ4v) is 3.80. The van der Waals surface area contributed by atoms with Gasteiger partial charge in [0.05, 0.1) is 6.04 Å². The van der Waals surface area contributed by atoms with Crippen LogP contribution in [0.1, 0.15) is 45.2 Å². The van der Waals surface area contributed by atoms with Gasteiger partial charge in [-0.2, -0.15) is 0 Å². The first-order chi connectivity index (χ1) is 9.02. The molecule has 0 spiro atoms. The van der Waals surface area contributed by atoms with Crippen molar-refractivity contribution in [3.8, 4) is 0 Å². The van der Waals surface area contributed by atoms with E-state index >= 15 is 0 Å². The normalized spacial score (nSPS) is 27.1. The van der Waals surface area contributed by atoms with Crippen LogP contribution in [0.25, 0.3) is 0 Å². The summed E-state index contributed by atoms with van der Waals surface area (Å²) in [5.41, 5.74) is 1.45. The second kappa shape index (κ2) is 6.31. The van der Waals surface area contributed by atoms with Crippen LogP contribution >= 0.6 is 27.7 Å². The van der Waals surface area contributed by atoms with Crippen LogP contribution in [0.15, 0.2) is 33.7 Å². The Balaban J connectivity index is 2.12. The van der Waals surface area contributed by atoms with Crippen LogP contribution < -0.4 is 5.32 Å². The highest BCUT2D eigenvalue weighted by Gasteiger charge is 2.27. The summed E-state index contributed by atoms with van der Waals surface area (Å²) in [5, 5.41) is 4.68.